The van der Waals surface area contributed by atoms with Crippen LogP contribution >= 0.6 is 11.8 Å². The molecule has 4 fully saturated rings. The highest BCUT2D eigenvalue weighted by Crippen LogP contribution is 2.47. The Morgan fingerprint density at radius 3 is 2.79 bits per heavy atom. The second kappa shape index (κ2) is 6.60. The standard InChI is InChI=1S/C19H26N2O2S/c1-24-10-7-17(23)21-12-16(14-3-2-4-15(22)11-14)19-18(21)13-5-8-20(19)9-6-13/h2-4,11,13,16,18-19,22H,5-10,12H2,1H3/t16-,18+,19+/m0/s1. The lowest BCUT2D eigenvalue weighted by atomic mass is 9.75. The van der Waals surface area contributed by atoms with Crippen molar-refractivity contribution in [3.8, 4) is 5.75 Å². The minimum Gasteiger partial charge on any atom is -0.508 e. The Bertz CT molecular complexity index is 615. The molecule has 1 amide bonds. The maximum atomic E-state index is 12.8. The van der Waals surface area contributed by atoms with Crippen molar-refractivity contribution in [1.82, 2.24) is 9.80 Å². The Labute approximate surface area is 148 Å². The predicted octanol–water partition coefficient (Wildman–Crippen LogP) is 2.53. The molecule has 5 heteroatoms. The summed E-state index contributed by atoms with van der Waals surface area (Å²) in [4.78, 5) is 17.6. The lowest BCUT2D eigenvalue weighted by Crippen LogP contribution is -2.60. The van der Waals surface area contributed by atoms with Gasteiger partial charge in [-0.15, -0.1) is 0 Å². The first-order valence-electron chi connectivity index (χ1n) is 9.00. The quantitative estimate of drug-likeness (QED) is 0.910. The van der Waals surface area contributed by atoms with Crippen molar-refractivity contribution in [2.24, 2.45) is 5.92 Å². The zero-order valence-electron chi connectivity index (χ0n) is 14.2. The number of piperidine rings is 3. The highest BCUT2D eigenvalue weighted by molar-refractivity contribution is 7.98. The maximum Gasteiger partial charge on any atom is 0.223 e. The number of carbonyl (C=O) groups excluding carboxylic acids is 1. The van der Waals surface area contributed by atoms with Gasteiger partial charge in [0.1, 0.15) is 5.75 Å². The molecule has 0 aromatic heterocycles. The first-order chi connectivity index (χ1) is 11.7. The van der Waals surface area contributed by atoms with Gasteiger partial charge in [0.15, 0.2) is 0 Å². The molecule has 0 saturated carbocycles. The van der Waals surface area contributed by atoms with E-state index in [-0.39, 0.29) is 0 Å². The third kappa shape index (κ3) is 2.72. The number of fused-ring (bicyclic) bond motifs is 2. The number of aromatic hydroxyl groups is 1. The summed E-state index contributed by atoms with van der Waals surface area (Å²) in [5.41, 5.74) is 1.18. The Kier molecular flexibility index (Phi) is 4.48. The molecule has 4 saturated heterocycles. The van der Waals surface area contributed by atoms with Gasteiger partial charge in [-0.1, -0.05) is 12.1 Å². The van der Waals surface area contributed by atoms with Crippen molar-refractivity contribution in [2.75, 3.05) is 31.6 Å². The lowest BCUT2D eigenvalue weighted by Gasteiger charge is -2.51. The van der Waals surface area contributed by atoms with E-state index in [0.29, 0.717) is 42.0 Å². The van der Waals surface area contributed by atoms with Crippen LogP contribution in [0.4, 0.5) is 0 Å². The molecule has 0 spiro atoms. The number of carbonyl (C=O) groups is 1. The van der Waals surface area contributed by atoms with E-state index in [9.17, 15) is 9.90 Å². The molecule has 1 aromatic carbocycles. The number of phenolic OH excluding ortho intramolecular Hbond substituents is 1. The van der Waals surface area contributed by atoms with E-state index in [1.807, 2.05) is 12.1 Å². The van der Waals surface area contributed by atoms with Crippen molar-refractivity contribution in [3.05, 3.63) is 29.8 Å². The molecule has 0 unspecified atom stereocenters. The van der Waals surface area contributed by atoms with E-state index in [0.717, 1.165) is 25.4 Å². The number of phenols is 1. The highest BCUT2D eigenvalue weighted by Gasteiger charge is 2.54. The summed E-state index contributed by atoms with van der Waals surface area (Å²) in [6.45, 7) is 3.13. The van der Waals surface area contributed by atoms with Gasteiger partial charge in [0, 0.05) is 30.7 Å². The van der Waals surface area contributed by atoms with Crippen LogP contribution in [0.15, 0.2) is 24.3 Å². The highest BCUT2D eigenvalue weighted by atomic mass is 32.2. The normalized spacial score (nSPS) is 34.4. The monoisotopic (exact) mass is 346 g/mol. The SMILES string of the molecule is CSCCC(=O)N1C[C@@H](c2cccc(O)c2)[C@@H]2[C@H]1C1CCN2CC1. The van der Waals surface area contributed by atoms with Gasteiger partial charge >= 0.3 is 0 Å². The summed E-state index contributed by atoms with van der Waals surface area (Å²) in [5, 5.41) is 9.90. The number of amides is 1. The first-order valence-corrected chi connectivity index (χ1v) is 10.4. The molecule has 1 aromatic rings. The second-order valence-corrected chi connectivity index (χ2v) is 8.33. The Morgan fingerprint density at radius 2 is 2.08 bits per heavy atom. The molecule has 4 aliphatic rings. The minimum absolute atomic E-state index is 0.316. The first kappa shape index (κ1) is 16.3. The summed E-state index contributed by atoms with van der Waals surface area (Å²) >= 11 is 1.74. The summed E-state index contributed by atoms with van der Waals surface area (Å²) in [5.74, 6) is 2.52. The fourth-order valence-corrected chi connectivity index (χ4v) is 5.46. The second-order valence-electron chi connectivity index (χ2n) is 7.34. The number of hydrogen-bond donors (Lipinski definition) is 1. The van der Waals surface area contributed by atoms with Gasteiger partial charge in [0.2, 0.25) is 5.91 Å². The zero-order chi connectivity index (χ0) is 16.7. The molecule has 2 bridgehead atoms. The Balaban J connectivity index is 1.65. The predicted molar refractivity (Wildman–Crippen MR) is 97.4 cm³/mol. The van der Waals surface area contributed by atoms with Crippen LogP contribution in [-0.4, -0.2) is 64.5 Å². The average Bonchev–Trinajstić information content (AvgIpc) is 3.03. The molecule has 0 aliphatic carbocycles. The van der Waals surface area contributed by atoms with Gasteiger partial charge in [-0.25, -0.2) is 0 Å². The van der Waals surface area contributed by atoms with Gasteiger partial charge in [-0.05, 0) is 55.8 Å². The Hall–Kier alpha value is -1.20. The molecule has 24 heavy (non-hydrogen) atoms. The molecule has 0 radical (unpaired) electrons. The molecule has 4 heterocycles. The molecule has 4 nitrogen and oxygen atoms in total. The van der Waals surface area contributed by atoms with Gasteiger partial charge in [-0.3, -0.25) is 9.69 Å². The van der Waals surface area contributed by atoms with Crippen molar-refractivity contribution in [1.29, 1.82) is 0 Å². The number of hydrogen-bond acceptors (Lipinski definition) is 4. The van der Waals surface area contributed by atoms with Crippen molar-refractivity contribution in [2.45, 2.75) is 37.3 Å². The van der Waals surface area contributed by atoms with Gasteiger partial charge in [0.25, 0.3) is 0 Å². The number of nitrogens with zero attached hydrogens (tertiary/aromatic N) is 2. The molecule has 5 rings (SSSR count). The van der Waals surface area contributed by atoms with E-state index < -0.39 is 0 Å². The van der Waals surface area contributed by atoms with Crippen LogP contribution in [0.3, 0.4) is 0 Å². The smallest absolute Gasteiger partial charge is 0.223 e. The number of benzene rings is 1. The number of rotatable bonds is 4. The van der Waals surface area contributed by atoms with Crippen molar-refractivity contribution >= 4 is 17.7 Å². The third-order valence-corrected chi connectivity index (χ3v) is 6.75. The van der Waals surface area contributed by atoms with E-state index in [1.165, 1.54) is 18.4 Å². The van der Waals surface area contributed by atoms with Crippen LogP contribution in [0.5, 0.6) is 5.75 Å². The number of likely N-dealkylation sites (tertiary alicyclic amines) is 1. The third-order valence-electron chi connectivity index (χ3n) is 6.13. The fraction of sp³-hybridized carbons (Fsp3) is 0.632. The summed E-state index contributed by atoms with van der Waals surface area (Å²) in [7, 11) is 0. The maximum absolute atomic E-state index is 12.8. The van der Waals surface area contributed by atoms with Crippen LogP contribution in [0, 0.1) is 5.92 Å². The van der Waals surface area contributed by atoms with Crippen LogP contribution in [-0.2, 0) is 4.79 Å². The van der Waals surface area contributed by atoms with E-state index in [4.69, 9.17) is 0 Å². The lowest BCUT2D eigenvalue weighted by molar-refractivity contribution is -0.135. The van der Waals surface area contributed by atoms with Crippen molar-refractivity contribution in [3.63, 3.8) is 0 Å². The topological polar surface area (TPSA) is 43.8 Å². The van der Waals surface area contributed by atoms with Crippen LogP contribution in [0.25, 0.3) is 0 Å². The minimum atomic E-state index is 0.316. The van der Waals surface area contributed by atoms with E-state index in [2.05, 4.69) is 22.1 Å². The van der Waals surface area contributed by atoms with Crippen LogP contribution < -0.4 is 0 Å². The molecule has 4 aliphatic heterocycles. The summed E-state index contributed by atoms with van der Waals surface area (Å²) in [6, 6.07) is 8.45. The fourth-order valence-electron chi connectivity index (χ4n) is 5.09. The van der Waals surface area contributed by atoms with Crippen molar-refractivity contribution < 1.29 is 9.90 Å². The molecule has 3 atom stereocenters. The van der Waals surface area contributed by atoms with E-state index >= 15 is 0 Å². The molecule has 1 N–H and O–H groups in total. The average molecular weight is 346 g/mol. The van der Waals surface area contributed by atoms with Gasteiger partial charge < -0.3 is 10.0 Å². The van der Waals surface area contributed by atoms with Crippen LogP contribution in [0.2, 0.25) is 0 Å². The molecular formula is C19H26N2O2S. The molecule has 130 valence electrons. The van der Waals surface area contributed by atoms with E-state index in [1.54, 1.807) is 17.8 Å². The summed E-state index contributed by atoms with van der Waals surface area (Å²) < 4.78 is 0. The van der Waals surface area contributed by atoms with Crippen LogP contribution in [0.1, 0.15) is 30.7 Å². The van der Waals surface area contributed by atoms with Gasteiger partial charge in [0.05, 0.1) is 6.04 Å². The van der Waals surface area contributed by atoms with Gasteiger partial charge in [-0.2, -0.15) is 11.8 Å². The molecular weight excluding hydrogens is 320 g/mol. The largest absolute Gasteiger partial charge is 0.508 e. The number of thioether (sulfide) groups is 1. The summed E-state index contributed by atoms with van der Waals surface area (Å²) in [6.07, 6.45) is 5.15. The Morgan fingerprint density at radius 1 is 1.29 bits per heavy atom. The zero-order valence-corrected chi connectivity index (χ0v) is 15.0.